The van der Waals surface area contributed by atoms with Gasteiger partial charge in [-0.05, 0) is 54.7 Å². The zero-order valence-electron chi connectivity index (χ0n) is 11.4. The SMILES string of the molecule is Nc1cccc(C2CCN(c3cccc(Br)c3)CC2)c1. The maximum atomic E-state index is 5.88. The normalized spacial score (nSPS) is 16.4. The molecule has 104 valence electrons. The van der Waals surface area contributed by atoms with E-state index in [1.165, 1.54) is 24.1 Å². The van der Waals surface area contributed by atoms with E-state index in [0.29, 0.717) is 5.92 Å². The van der Waals surface area contributed by atoms with Gasteiger partial charge in [-0.1, -0.05) is 34.1 Å². The van der Waals surface area contributed by atoms with Crippen molar-refractivity contribution < 1.29 is 0 Å². The average molecular weight is 331 g/mol. The van der Waals surface area contributed by atoms with Gasteiger partial charge < -0.3 is 10.6 Å². The number of nitrogens with two attached hydrogens (primary N) is 1. The fourth-order valence-electron chi connectivity index (χ4n) is 2.96. The number of anilines is 2. The average Bonchev–Trinajstić information content (AvgIpc) is 2.47. The molecule has 3 heteroatoms. The summed E-state index contributed by atoms with van der Waals surface area (Å²) in [6.45, 7) is 2.21. The van der Waals surface area contributed by atoms with Gasteiger partial charge in [-0.15, -0.1) is 0 Å². The molecule has 20 heavy (non-hydrogen) atoms. The van der Waals surface area contributed by atoms with E-state index in [1.54, 1.807) is 0 Å². The summed E-state index contributed by atoms with van der Waals surface area (Å²) >= 11 is 3.54. The summed E-state index contributed by atoms with van der Waals surface area (Å²) in [7, 11) is 0. The number of benzene rings is 2. The molecule has 1 fully saturated rings. The number of hydrogen-bond donors (Lipinski definition) is 1. The van der Waals surface area contributed by atoms with Gasteiger partial charge in [0, 0.05) is 28.9 Å². The van der Waals surface area contributed by atoms with E-state index < -0.39 is 0 Å². The molecule has 1 heterocycles. The van der Waals surface area contributed by atoms with Crippen LogP contribution >= 0.6 is 15.9 Å². The van der Waals surface area contributed by atoms with Crippen molar-refractivity contribution in [3.8, 4) is 0 Å². The summed E-state index contributed by atoms with van der Waals surface area (Å²) < 4.78 is 1.15. The van der Waals surface area contributed by atoms with Crippen LogP contribution in [-0.4, -0.2) is 13.1 Å². The lowest BCUT2D eigenvalue weighted by Crippen LogP contribution is -2.32. The van der Waals surface area contributed by atoms with Gasteiger partial charge >= 0.3 is 0 Å². The molecule has 2 aromatic carbocycles. The second kappa shape index (κ2) is 5.88. The molecular weight excluding hydrogens is 312 g/mol. The molecule has 2 N–H and O–H groups in total. The predicted octanol–water partition coefficient (Wildman–Crippen LogP) is 4.42. The first kappa shape index (κ1) is 13.5. The molecule has 0 saturated carbocycles. The van der Waals surface area contributed by atoms with E-state index >= 15 is 0 Å². The number of halogens is 1. The lowest BCUT2D eigenvalue weighted by atomic mass is 9.89. The molecule has 0 bridgehead atoms. The number of piperidine rings is 1. The summed E-state index contributed by atoms with van der Waals surface area (Å²) in [5.41, 5.74) is 9.46. The molecule has 3 rings (SSSR count). The molecule has 2 aromatic rings. The van der Waals surface area contributed by atoms with E-state index in [-0.39, 0.29) is 0 Å². The Morgan fingerprint density at radius 3 is 2.45 bits per heavy atom. The van der Waals surface area contributed by atoms with Gasteiger partial charge in [0.05, 0.1) is 0 Å². The van der Waals surface area contributed by atoms with Crippen LogP contribution in [0.4, 0.5) is 11.4 Å². The van der Waals surface area contributed by atoms with Crippen molar-refractivity contribution in [2.45, 2.75) is 18.8 Å². The Hall–Kier alpha value is -1.48. The molecule has 1 saturated heterocycles. The summed E-state index contributed by atoms with van der Waals surface area (Å²) in [4.78, 5) is 2.47. The molecule has 0 radical (unpaired) electrons. The Morgan fingerprint density at radius 1 is 1.00 bits per heavy atom. The van der Waals surface area contributed by atoms with E-state index in [4.69, 9.17) is 5.73 Å². The Labute approximate surface area is 128 Å². The molecular formula is C17H19BrN2. The number of rotatable bonds is 2. The molecule has 0 spiro atoms. The van der Waals surface area contributed by atoms with Crippen LogP contribution in [0.25, 0.3) is 0 Å². The van der Waals surface area contributed by atoms with E-state index in [2.05, 4.69) is 63.3 Å². The minimum Gasteiger partial charge on any atom is -0.399 e. The molecule has 1 aliphatic heterocycles. The summed E-state index contributed by atoms with van der Waals surface area (Å²) in [5, 5.41) is 0. The molecule has 0 aliphatic carbocycles. The lowest BCUT2D eigenvalue weighted by molar-refractivity contribution is 0.505. The van der Waals surface area contributed by atoms with E-state index in [1.807, 2.05) is 6.07 Å². The van der Waals surface area contributed by atoms with Gasteiger partial charge in [0.1, 0.15) is 0 Å². The Kier molecular flexibility index (Phi) is 3.97. The largest absolute Gasteiger partial charge is 0.399 e. The highest BCUT2D eigenvalue weighted by Crippen LogP contribution is 2.31. The Balaban J connectivity index is 1.68. The zero-order valence-corrected chi connectivity index (χ0v) is 13.0. The molecule has 0 amide bonds. The van der Waals surface area contributed by atoms with Crippen molar-refractivity contribution in [1.82, 2.24) is 0 Å². The standard InChI is InChI=1S/C17H19BrN2/c18-15-4-2-6-17(12-15)20-9-7-13(8-10-20)14-3-1-5-16(19)11-14/h1-6,11-13H,7-10,19H2. The monoisotopic (exact) mass is 330 g/mol. The van der Waals surface area contributed by atoms with E-state index in [0.717, 1.165) is 23.2 Å². The highest BCUT2D eigenvalue weighted by molar-refractivity contribution is 9.10. The van der Waals surface area contributed by atoms with Crippen molar-refractivity contribution in [3.63, 3.8) is 0 Å². The van der Waals surface area contributed by atoms with Gasteiger partial charge in [0.25, 0.3) is 0 Å². The number of nitrogen functional groups attached to an aromatic ring is 1. The van der Waals surface area contributed by atoms with Crippen LogP contribution in [0, 0.1) is 0 Å². The van der Waals surface area contributed by atoms with Crippen LogP contribution < -0.4 is 10.6 Å². The highest BCUT2D eigenvalue weighted by atomic mass is 79.9. The van der Waals surface area contributed by atoms with Crippen LogP contribution in [-0.2, 0) is 0 Å². The van der Waals surface area contributed by atoms with Crippen LogP contribution in [0.3, 0.4) is 0 Å². The van der Waals surface area contributed by atoms with Crippen molar-refractivity contribution in [2.75, 3.05) is 23.7 Å². The zero-order chi connectivity index (χ0) is 13.9. The second-order valence-electron chi connectivity index (χ2n) is 5.41. The number of hydrogen-bond acceptors (Lipinski definition) is 2. The molecule has 0 atom stereocenters. The fourth-order valence-corrected chi connectivity index (χ4v) is 3.34. The highest BCUT2D eigenvalue weighted by Gasteiger charge is 2.20. The minimum atomic E-state index is 0.641. The van der Waals surface area contributed by atoms with Crippen molar-refractivity contribution >= 4 is 27.3 Å². The van der Waals surface area contributed by atoms with E-state index in [9.17, 15) is 0 Å². The van der Waals surface area contributed by atoms with Crippen molar-refractivity contribution in [1.29, 1.82) is 0 Å². The third-order valence-corrected chi connectivity index (χ3v) is 4.54. The molecule has 1 aliphatic rings. The third kappa shape index (κ3) is 2.98. The minimum absolute atomic E-state index is 0.641. The van der Waals surface area contributed by atoms with Gasteiger partial charge in [0.15, 0.2) is 0 Å². The molecule has 0 unspecified atom stereocenters. The van der Waals surface area contributed by atoms with Gasteiger partial charge in [-0.3, -0.25) is 0 Å². The maximum absolute atomic E-state index is 5.88. The van der Waals surface area contributed by atoms with Crippen LogP contribution in [0.15, 0.2) is 53.0 Å². The van der Waals surface area contributed by atoms with Crippen molar-refractivity contribution in [2.24, 2.45) is 0 Å². The molecule has 0 aromatic heterocycles. The van der Waals surface area contributed by atoms with Gasteiger partial charge in [-0.2, -0.15) is 0 Å². The van der Waals surface area contributed by atoms with Crippen LogP contribution in [0.1, 0.15) is 24.3 Å². The Morgan fingerprint density at radius 2 is 1.75 bits per heavy atom. The lowest BCUT2D eigenvalue weighted by Gasteiger charge is -2.34. The summed E-state index contributed by atoms with van der Waals surface area (Å²) in [6.07, 6.45) is 2.38. The summed E-state index contributed by atoms with van der Waals surface area (Å²) in [5.74, 6) is 0.641. The van der Waals surface area contributed by atoms with Crippen molar-refractivity contribution in [3.05, 3.63) is 58.6 Å². The van der Waals surface area contributed by atoms with Gasteiger partial charge in [-0.25, -0.2) is 0 Å². The second-order valence-corrected chi connectivity index (χ2v) is 6.33. The Bertz CT molecular complexity index is 536. The first-order valence-electron chi connectivity index (χ1n) is 7.08. The van der Waals surface area contributed by atoms with Crippen LogP contribution in [0.2, 0.25) is 0 Å². The number of nitrogens with zero attached hydrogens (tertiary/aromatic N) is 1. The fraction of sp³-hybridized carbons (Fsp3) is 0.294. The van der Waals surface area contributed by atoms with Crippen LogP contribution in [0.5, 0.6) is 0 Å². The maximum Gasteiger partial charge on any atom is 0.0377 e. The first-order valence-corrected chi connectivity index (χ1v) is 7.87. The quantitative estimate of drug-likeness (QED) is 0.826. The molecule has 2 nitrogen and oxygen atoms in total. The topological polar surface area (TPSA) is 29.3 Å². The first-order chi connectivity index (χ1) is 9.72. The summed E-state index contributed by atoms with van der Waals surface area (Å²) in [6, 6.07) is 16.9. The smallest absolute Gasteiger partial charge is 0.0377 e. The predicted molar refractivity (Wildman–Crippen MR) is 89.2 cm³/mol. The van der Waals surface area contributed by atoms with Gasteiger partial charge in [0.2, 0.25) is 0 Å². The third-order valence-electron chi connectivity index (χ3n) is 4.05.